The molecule has 0 unspecified atom stereocenters. The third-order valence-corrected chi connectivity index (χ3v) is 9.39. The number of phenols is 10. The molecule has 0 radical (unpaired) electrons. The largest absolute Gasteiger partial charge is 0.504 e. The molecular formula is C36H26N4O10. The number of hydrogen-bond donors (Lipinski definition) is 10. The van der Waals surface area contributed by atoms with Crippen LogP contribution in [0.2, 0.25) is 0 Å². The molecule has 0 bridgehead atoms. The van der Waals surface area contributed by atoms with E-state index in [2.05, 4.69) is 47.0 Å². The smallest absolute Gasteiger partial charge is 0.238 e. The molecule has 0 amide bonds. The second-order valence-corrected chi connectivity index (χ2v) is 12.5. The van der Waals surface area contributed by atoms with E-state index in [1.165, 1.54) is 0 Å². The topological polar surface area (TPSA) is 246 Å². The highest BCUT2D eigenvalue weighted by Crippen LogP contribution is 2.57. The van der Waals surface area contributed by atoms with E-state index in [0.29, 0.717) is 11.0 Å². The van der Waals surface area contributed by atoms with E-state index in [4.69, 9.17) is 0 Å². The maximum atomic E-state index is 10.8. The third kappa shape index (κ3) is 3.80. The first-order chi connectivity index (χ1) is 23.7. The zero-order valence-electron chi connectivity index (χ0n) is 26.0. The molecular weight excluding hydrogens is 648 g/mol. The van der Waals surface area contributed by atoms with E-state index < -0.39 is 85.7 Å². The molecule has 0 aliphatic heterocycles. The Kier molecular flexibility index (Phi) is 6.03. The molecule has 10 N–H and O–H groups in total. The van der Waals surface area contributed by atoms with Gasteiger partial charge in [-0.25, -0.2) is 4.98 Å². The van der Waals surface area contributed by atoms with E-state index in [0.717, 1.165) is 33.0 Å². The van der Waals surface area contributed by atoms with Gasteiger partial charge in [0.1, 0.15) is 11.1 Å². The summed E-state index contributed by atoms with van der Waals surface area (Å²) in [5.41, 5.74) is 3.36. The molecule has 2 heterocycles. The predicted molar refractivity (Wildman–Crippen MR) is 179 cm³/mol. The average Bonchev–Trinajstić information content (AvgIpc) is 3.55. The Morgan fingerprint density at radius 1 is 0.460 bits per heavy atom. The van der Waals surface area contributed by atoms with E-state index in [9.17, 15) is 51.1 Å². The van der Waals surface area contributed by atoms with Crippen molar-refractivity contribution in [2.45, 2.75) is 19.3 Å². The van der Waals surface area contributed by atoms with Crippen molar-refractivity contribution in [1.82, 2.24) is 19.5 Å². The van der Waals surface area contributed by atoms with Gasteiger partial charge in [0.15, 0.2) is 34.6 Å². The molecule has 0 saturated carbocycles. The molecule has 50 heavy (non-hydrogen) atoms. The van der Waals surface area contributed by atoms with E-state index in [-0.39, 0.29) is 5.95 Å². The monoisotopic (exact) mass is 674 g/mol. The van der Waals surface area contributed by atoms with Crippen LogP contribution in [0.3, 0.4) is 0 Å². The van der Waals surface area contributed by atoms with Crippen LogP contribution in [0.15, 0.2) is 60.7 Å². The number of fused-ring (bicyclic) bond motifs is 6. The van der Waals surface area contributed by atoms with Gasteiger partial charge in [-0.2, -0.15) is 9.97 Å². The Bertz CT molecular complexity index is 2500. The fraction of sp³-hybridized carbons (Fsp3) is 0.0833. The Morgan fingerprint density at radius 2 is 0.940 bits per heavy atom. The van der Waals surface area contributed by atoms with Crippen LogP contribution in [0.1, 0.15) is 25.0 Å². The summed E-state index contributed by atoms with van der Waals surface area (Å²) in [5, 5.41) is 106. The van der Waals surface area contributed by atoms with Crippen LogP contribution < -0.4 is 0 Å². The van der Waals surface area contributed by atoms with E-state index in [1.807, 2.05) is 30.3 Å². The summed E-state index contributed by atoms with van der Waals surface area (Å²) >= 11 is 0. The second kappa shape index (κ2) is 9.96. The maximum absolute atomic E-state index is 10.8. The Morgan fingerprint density at radius 3 is 1.50 bits per heavy atom. The minimum Gasteiger partial charge on any atom is -0.504 e. The number of benzene rings is 5. The lowest BCUT2D eigenvalue weighted by Crippen LogP contribution is -2.15. The first kappa shape index (κ1) is 30.3. The predicted octanol–water partition coefficient (Wildman–Crippen LogP) is 5.67. The minimum absolute atomic E-state index is 0.249. The molecule has 0 fully saturated rings. The Hall–Kier alpha value is -7.09. The maximum Gasteiger partial charge on any atom is 0.238 e. The minimum atomic E-state index is -1.23. The standard InChI is InChI=1S/C36H26N4O10/c1-36(2)17-9-5-3-7-13(17)15-11-16-14-8-4-6-10-19(14)40(20(16)12-18(15)36)35-38-33(21-23(41)27(45)31(49)28(46)24(21)42)37-34(39-35)22-25(43)29(47)32(50)30(48)26(22)44/h3-12,41-50H,1-2H3. The fourth-order valence-electron chi connectivity index (χ4n) is 6.86. The van der Waals surface area contributed by atoms with Crippen molar-refractivity contribution in [3.05, 3.63) is 71.8 Å². The van der Waals surface area contributed by atoms with Crippen molar-refractivity contribution >= 4 is 21.8 Å². The lowest BCUT2D eigenvalue weighted by atomic mass is 9.82. The highest BCUT2D eigenvalue weighted by Gasteiger charge is 2.37. The number of para-hydroxylation sites is 1. The van der Waals surface area contributed by atoms with Crippen LogP contribution in [0.4, 0.5) is 0 Å². The number of aromatic nitrogens is 4. The summed E-state index contributed by atoms with van der Waals surface area (Å²) in [4.78, 5) is 13.1. The van der Waals surface area contributed by atoms with Gasteiger partial charge in [-0.3, -0.25) is 4.57 Å². The molecule has 0 spiro atoms. The summed E-state index contributed by atoms with van der Waals surface area (Å²) in [5.74, 6) is -13.5. The molecule has 14 heteroatoms. The number of aromatic hydroxyl groups is 10. The molecule has 2 aromatic heterocycles. The average molecular weight is 675 g/mol. The second-order valence-electron chi connectivity index (χ2n) is 12.5. The van der Waals surface area contributed by atoms with Gasteiger partial charge in [-0.05, 0) is 40.5 Å². The molecule has 1 aliphatic rings. The quantitative estimate of drug-likeness (QED) is 0.0803. The lowest BCUT2D eigenvalue weighted by molar-refractivity contribution is 0.329. The van der Waals surface area contributed by atoms with Gasteiger partial charge >= 0.3 is 0 Å². The summed E-state index contributed by atoms with van der Waals surface area (Å²) < 4.78 is 1.61. The van der Waals surface area contributed by atoms with Gasteiger partial charge in [0.2, 0.25) is 40.4 Å². The molecule has 7 aromatic rings. The van der Waals surface area contributed by atoms with Crippen LogP contribution in [0, 0.1) is 0 Å². The zero-order valence-corrected chi connectivity index (χ0v) is 26.0. The van der Waals surface area contributed by atoms with Gasteiger partial charge in [0.05, 0.1) is 11.0 Å². The van der Waals surface area contributed by atoms with Crippen LogP contribution in [-0.2, 0) is 5.41 Å². The van der Waals surface area contributed by atoms with Crippen molar-refractivity contribution in [2.24, 2.45) is 0 Å². The third-order valence-electron chi connectivity index (χ3n) is 9.39. The number of hydrogen-bond acceptors (Lipinski definition) is 13. The van der Waals surface area contributed by atoms with Crippen molar-refractivity contribution in [3.63, 3.8) is 0 Å². The van der Waals surface area contributed by atoms with Gasteiger partial charge in [-0.1, -0.05) is 56.3 Å². The normalized spacial score (nSPS) is 13.2. The van der Waals surface area contributed by atoms with Crippen LogP contribution in [0.25, 0.3) is 61.7 Å². The van der Waals surface area contributed by atoms with Crippen LogP contribution in [0.5, 0.6) is 57.5 Å². The Labute approximate surface area is 280 Å². The van der Waals surface area contributed by atoms with Gasteiger partial charge in [0, 0.05) is 16.2 Å². The highest BCUT2D eigenvalue weighted by molar-refractivity contribution is 6.11. The highest BCUT2D eigenvalue weighted by atomic mass is 16.4. The SMILES string of the molecule is CC1(C)c2ccccc2-c2cc3c4ccccc4n(-c4nc(-c5c(O)c(O)c(O)c(O)c5O)nc(-c5c(O)c(O)c(O)c(O)c5O)n4)c3cc21. The van der Waals surface area contributed by atoms with Crippen molar-refractivity contribution in [2.75, 3.05) is 0 Å². The Balaban J connectivity index is 1.52. The number of rotatable bonds is 3. The first-order valence-electron chi connectivity index (χ1n) is 15.1. The van der Waals surface area contributed by atoms with Crippen molar-refractivity contribution < 1.29 is 51.1 Å². The molecule has 0 saturated heterocycles. The zero-order chi connectivity index (χ0) is 35.5. The number of nitrogens with zero attached hydrogens (tertiary/aromatic N) is 4. The van der Waals surface area contributed by atoms with Crippen LogP contribution in [-0.4, -0.2) is 70.6 Å². The van der Waals surface area contributed by atoms with Gasteiger partial charge in [-0.15, -0.1) is 0 Å². The molecule has 1 aliphatic carbocycles. The van der Waals surface area contributed by atoms with Gasteiger partial charge in [0.25, 0.3) is 0 Å². The molecule has 5 aromatic carbocycles. The summed E-state index contributed by atoms with van der Waals surface area (Å²) in [7, 11) is 0. The summed E-state index contributed by atoms with van der Waals surface area (Å²) in [6.07, 6.45) is 0. The van der Waals surface area contributed by atoms with E-state index in [1.54, 1.807) is 16.7 Å². The van der Waals surface area contributed by atoms with Crippen LogP contribution >= 0.6 is 0 Å². The first-order valence-corrected chi connectivity index (χ1v) is 15.1. The van der Waals surface area contributed by atoms with E-state index >= 15 is 0 Å². The van der Waals surface area contributed by atoms with Crippen molar-refractivity contribution in [1.29, 1.82) is 0 Å². The summed E-state index contributed by atoms with van der Waals surface area (Å²) in [6, 6.07) is 19.4. The molecule has 8 rings (SSSR count). The molecule has 14 nitrogen and oxygen atoms in total. The fourth-order valence-corrected chi connectivity index (χ4v) is 6.86. The van der Waals surface area contributed by atoms with Crippen molar-refractivity contribution in [3.8, 4) is 97.3 Å². The van der Waals surface area contributed by atoms with Gasteiger partial charge < -0.3 is 51.1 Å². The number of phenolic OH excluding ortho intramolecular Hbond substituents is 10. The summed E-state index contributed by atoms with van der Waals surface area (Å²) in [6.45, 7) is 4.20. The molecule has 250 valence electrons. The molecule has 0 atom stereocenters. The lowest BCUT2D eigenvalue weighted by Gasteiger charge is -2.21.